The standard InChI is InChI=1S/C11H6BrClO2S/c12-7-1-3-9(13)10(5-7)15-11-4-2-8(6-14)16-11/h1-6H. The minimum Gasteiger partial charge on any atom is -0.445 e. The fraction of sp³-hybridized carbons (Fsp3) is 0. The number of hydrogen-bond donors (Lipinski definition) is 0. The molecule has 5 heteroatoms. The first-order valence-corrected chi connectivity index (χ1v) is 6.36. The summed E-state index contributed by atoms with van der Waals surface area (Å²) in [4.78, 5) is 11.1. The normalized spacial score (nSPS) is 10.1. The van der Waals surface area contributed by atoms with E-state index < -0.39 is 0 Å². The van der Waals surface area contributed by atoms with Crippen LogP contribution in [0.1, 0.15) is 9.67 Å². The molecule has 0 fully saturated rings. The minimum atomic E-state index is 0.532. The van der Waals surface area contributed by atoms with Gasteiger partial charge < -0.3 is 4.74 Å². The van der Waals surface area contributed by atoms with Crippen LogP contribution in [0.25, 0.3) is 0 Å². The quantitative estimate of drug-likeness (QED) is 0.762. The van der Waals surface area contributed by atoms with Crippen LogP contribution in [0.5, 0.6) is 10.8 Å². The molecule has 82 valence electrons. The maximum Gasteiger partial charge on any atom is 0.181 e. The van der Waals surface area contributed by atoms with Gasteiger partial charge in [-0.05, 0) is 30.3 Å². The zero-order valence-electron chi connectivity index (χ0n) is 7.94. The van der Waals surface area contributed by atoms with Crippen LogP contribution in [0.2, 0.25) is 5.02 Å². The minimum absolute atomic E-state index is 0.532. The summed E-state index contributed by atoms with van der Waals surface area (Å²) in [6.45, 7) is 0. The van der Waals surface area contributed by atoms with Crippen molar-refractivity contribution in [2.75, 3.05) is 0 Å². The van der Waals surface area contributed by atoms with Crippen molar-refractivity contribution in [3.8, 4) is 10.8 Å². The average molecular weight is 318 g/mol. The third kappa shape index (κ3) is 2.64. The Labute approximate surface area is 110 Å². The Morgan fingerprint density at radius 2 is 2.12 bits per heavy atom. The second kappa shape index (κ2) is 4.99. The predicted octanol–water partition coefficient (Wildman–Crippen LogP) is 4.77. The summed E-state index contributed by atoms with van der Waals surface area (Å²) in [5, 5.41) is 1.17. The monoisotopic (exact) mass is 316 g/mol. The van der Waals surface area contributed by atoms with Crippen LogP contribution in [0.3, 0.4) is 0 Å². The zero-order chi connectivity index (χ0) is 11.5. The van der Waals surface area contributed by atoms with Crippen LogP contribution in [-0.2, 0) is 0 Å². The van der Waals surface area contributed by atoms with Crippen LogP contribution in [0.15, 0.2) is 34.8 Å². The number of aldehydes is 1. The Balaban J connectivity index is 2.26. The molecule has 0 aliphatic rings. The average Bonchev–Trinajstić information content (AvgIpc) is 2.71. The lowest BCUT2D eigenvalue weighted by atomic mass is 10.3. The Bertz CT molecular complexity index is 524. The van der Waals surface area contributed by atoms with Gasteiger partial charge >= 0.3 is 0 Å². The van der Waals surface area contributed by atoms with Gasteiger partial charge in [0.2, 0.25) is 0 Å². The molecule has 1 aromatic carbocycles. The molecule has 1 aromatic heterocycles. The predicted molar refractivity (Wildman–Crippen MR) is 68.9 cm³/mol. The molecule has 0 N–H and O–H groups in total. The van der Waals surface area contributed by atoms with Gasteiger partial charge in [-0.2, -0.15) is 0 Å². The largest absolute Gasteiger partial charge is 0.445 e. The highest BCUT2D eigenvalue weighted by Gasteiger charge is 2.06. The van der Waals surface area contributed by atoms with Crippen molar-refractivity contribution in [3.05, 3.63) is 44.7 Å². The van der Waals surface area contributed by atoms with Crippen molar-refractivity contribution in [2.45, 2.75) is 0 Å². The van der Waals surface area contributed by atoms with Crippen LogP contribution in [-0.4, -0.2) is 6.29 Å². The van der Waals surface area contributed by atoms with E-state index in [2.05, 4.69) is 15.9 Å². The van der Waals surface area contributed by atoms with Gasteiger partial charge in [0.25, 0.3) is 0 Å². The number of rotatable bonds is 3. The zero-order valence-corrected chi connectivity index (χ0v) is 11.1. The number of thiophene rings is 1. The van der Waals surface area contributed by atoms with Gasteiger partial charge in [-0.1, -0.05) is 38.9 Å². The Kier molecular flexibility index (Phi) is 3.63. The van der Waals surface area contributed by atoms with Crippen molar-refractivity contribution in [1.29, 1.82) is 0 Å². The molecule has 0 amide bonds. The second-order valence-corrected chi connectivity index (χ2v) is 5.35. The van der Waals surface area contributed by atoms with E-state index in [0.29, 0.717) is 20.7 Å². The Hall–Kier alpha value is -0.840. The molecular formula is C11H6BrClO2S. The van der Waals surface area contributed by atoms with Crippen molar-refractivity contribution in [1.82, 2.24) is 0 Å². The highest BCUT2D eigenvalue weighted by atomic mass is 79.9. The second-order valence-electron chi connectivity index (χ2n) is 2.95. The fourth-order valence-electron chi connectivity index (χ4n) is 1.12. The van der Waals surface area contributed by atoms with Gasteiger partial charge in [0.1, 0.15) is 5.75 Å². The van der Waals surface area contributed by atoms with E-state index in [1.165, 1.54) is 11.3 Å². The number of hydrogen-bond acceptors (Lipinski definition) is 3. The first-order valence-electron chi connectivity index (χ1n) is 4.37. The van der Waals surface area contributed by atoms with Crippen molar-refractivity contribution >= 4 is 45.2 Å². The molecule has 0 saturated carbocycles. The van der Waals surface area contributed by atoms with Crippen LogP contribution >= 0.6 is 38.9 Å². The highest BCUT2D eigenvalue weighted by Crippen LogP contribution is 2.34. The third-order valence-corrected chi connectivity index (χ3v) is 3.52. The fourth-order valence-corrected chi connectivity index (χ4v) is 2.30. The van der Waals surface area contributed by atoms with Gasteiger partial charge in [0, 0.05) is 4.47 Å². The molecule has 0 atom stereocenters. The van der Waals surface area contributed by atoms with E-state index in [4.69, 9.17) is 16.3 Å². The maximum absolute atomic E-state index is 10.5. The number of carbonyl (C=O) groups is 1. The summed E-state index contributed by atoms with van der Waals surface area (Å²) in [6, 6.07) is 8.81. The summed E-state index contributed by atoms with van der Waals surface area (Å²) in [5.41, 5.74) is 0. The number of benzene rings is 1. The summed E-state index contributed by atoms with van der Waals surface area (Å²) in [7, 11) is 0. The van der Waals surface area contributed by atoms with Gasteiger partial charge in [-0.3, -0.25) is 4.79 Å². The third-order valence-electron chi connectivity index (χ3n) is 1.82. The summed E-state index contributed by atoms with van der Waals surface area (Å²) >= 11 is 10.6. The van der Waals surface area contributed by atoms with E-state index >= 15 is 0 Å². The first kappa shape index (κ1) is 11.6. The van der Waals surface area contributed by atoms with Gasteiger partial charge in [0.05, 0.1) is 9.90 Å². The van der Waals surface area contributed by atoms with E-state index in [0.717, 1.165) is 10.8 Å². The Morgan fingerprint density at radius 1 is 1.31 bits per heavy atom. The molecule has 2 aromatic rings. The molecule has 2 rings (SSSR count). The molecule has 0 saturated heterocycles. The van der Waals surface area contributed by atoms with Crippen LogP contribution < -0.4 is 4.74 Å². The van der Waals surface area contributed by atoms with E-state index in [9.17, 15) is 4.79 Å². The van der Waals surface area contributed by atoms with E-state index in [-0.39, 0.29) is 0 Å². The van der Waals surface area contributed by atoms with E-state index in [1.54, 1.807) is 24.3 Å². The molecule has 1 heterocycles. The molecule has 16 heavy (non-hydrogen) atoms. The summed E-state index contributed by atoms with van der Waals surface area (Å²) < 4.78 is 6.46. The molecule has 0 radical (unpaired) electrons. The molecule has 0 aliphatic heterocycles. The first-order chi connectivity index (χ1) is 7.69. The molecule has 2 nitrogen and oxygen atoms in total. The molecule has 0 spiro atoms. The highest BCUT2D eigenvalue weighted by molar-refractivity contribution is 9.10. The maximum atomic E-state index is 10.5. The number of ether oxygens (including phenoxy) is 1. The van der Waals surface area contributed by atoms with Crippen LogP contribution in [0, 0.1) is 0 Å². The number of carbonyl (C=O) groups excluding carboxylic acids is 1. The van der Waals surface area contributed by atoms with Crippen molar-refractivity contribution in [2.24, 2.45) is 0 Å². The smallest absolute Gasteiger partial charge is 0.181 e. The Morgan fingerprint density at radius 3 is 2.81 bits per heavy atom. The number of halogens is 2. The lowest BCUT2D eigenvalue weighted by Gasteiger charge is -2.05. The topological polar surface area (TPSA) is 26.3 Å². The van der Waals surface area contributed by atoms with Crippen molar-refractivity contribution in [3.63, 3.8) is 0 Å². The summed E-state index contributed by atoms with van der Waals surface area (Å²) in [5.74, 6) is 0.565. The van der Waals surface area contributed by atoms with Crippen molar-refractivity contribution < 1.29 is 9.53 Å². The molecule has 0 unspecified atom stereocenters. The van der Waals surface area contributed by atoms with Crippen LogP contribution in [0.4, 0.5) is 0 Å². The van der Waals surface area contributed by atoms with Gasteiger partial charge in [-0.15, -0.1) is 0 Å². The van der Waals surface area contributed by atoms with E-state index in [1.807, 2.05) is 6.07 Å². The van der Waals surface area contributed by atoms with Gasteiger partial charge in [-0.25, -0.2) is 0 Å². The molecule has 0 aliphatic carbocycles. The molecule has 0 bridgehead atoms. The SMILES string of the molecule is O=Cc1ccc(Oc2cc(Br)ccc2Cl)s1. The molecular weight excluding hydrogens is 312 g/mol. The summed E-state index contributed by atoms with van der Waals surface area (Å²) in [6.07, 6.45) is 0.792. The van der Waals surface area contributed by atoms with Gasteiger partial charge in [0.15, 0.2) is 11.3 Å². The lowest BCUT2D eigenvalue weighted by Crippen LogP contribution is -1.81. The lowest BCUT2D eigenvalue weighted by molar-refractivity contribution is 0.112.